The number of nitriles is 1. The van der Waals surface area contributed by atoms with Crippen LogP contribution in [-0.2, 0) is 4.79 Å². The Kier molecular flexibility index (Phi) is 5.37. The molecular formula is C16H15ClN4OS. The van der Waals surface area contributed by atoms with Crippen LogP contribution in [0.1, 0.15) is 16.1 Å². The molecule has 2 rings (SSSR count). The lowest BCUT2D eigenvalue weighted by atomic mass is 10.2. The predicted molar refractivity (Wildman–Crippen MR) is 93.7 cm³/mol. The Hall–Kier alpha value is -2.36. The van der Waals surface area contributed by atoms with Gasteiger partial charge in [0.1, 0.15) is 11.6 Å². The highest BCUT2D eigenvalue weighted by molar-refractivity contribution is 7.15. The van der Waals surface area contributed by atoms with Crippen molar-refractivity contribution in [2.45, 2.75) is 20.8 Å². The van der Waals surface area contributed by atoms with Crippen LogP contribution in [0.25, 0.3) is 0 Å². The van der Waals surface area contributed by atoms with Crippen molar-refractivity contribution >= 4 is 39.7 Å². The van der Waals surface area contributed by atoms with E-state index in [-0.39, 0.29) is 5.57 Å². The Balaban J connectivity index is 2.13. The number of rotatable bonds is 4. The zero-order valence-corrected chi connectivity index (χ0v) is 14.5. The molecule has 1 heterocycles. The van der Waals surface area contributed by atoms with E-state index in [1.165, 1.54) is 17.5 Å². The fourth-order valence-corrected chi connectivity index (χ4v) is 2.71. The van der Waals surface area contributed by atoms with Gasteiger partial charge in [0.2, 0.25) is 0 Å². The molecule has 0 saturated carbocycles. The number of thiazole rings is 1. The number of nitrogens with one attached hydrogen (secondary N) is 2. The third-order valence-electron chi connectivity index (χ3n) is 3.25. The van der Waals surface area contributed by atoms with Gasteiger partial charge >= 0.3 is 0 Å². The first-order chi connectivity index (χ1) is 10.9. The summed E-state index contributed by atoms with van der Waals surface area (Å²) >= 11 is 7.48. The number of nitrogens with zero attached hydrogens (tertiary/aromatic N) is 2. The van der Waals surface area contributed by atoms with E-state index in [2.05, 4.69) is 15.6 Å². The monoisotopic (exact) mass is 346 g/mol. The highest BCUT2D eigenvalue weighted by Gasteiger charge is 2.12. The molecule has 0 aliphatic heterocycles. The summed E-state index contributed by atoms with van der Waals surface area (Å²) < 4.78 is 0. The van der Waals surface area contributed by atoms with Crippen LogP contribution in [0.15, 0.2) is 30.0 Å². The van der Waals surface area contributed by atoms with Gasteiger partial charge in [-0.3, -0.25) is 4.79 Å². The van der Waals surface area contributed by atoms with E-state index in [1.807, 2.05) is 19.9 Å². The van der Waals surface area contributed by atoms with Gasteiger partial charge in [0.05, 0.1) is 5.69 Å². The van der Waals surface area contributed by atoms with Crippen molar-refractivity contribution in [1.82, 2.24) is 4.98 Å². The van der Waals surface area contributed by atoms with Crippen LogP contribution >= 0.6 is 22.9 Å². The highest BCUT2D eigenvalue weighted by Crippen LogP contribution is 2.24. The number of aryl methyl sites for hydroxylation is 2. The molecule has 23 heavy (non-hydrogen) atoms. The Morgan fingerprint density at radius 3 is 2.74 bits per heavy atom. The Labute approximate surface area is 143 Å². The zero-order chi connectivity index (χ0) is 17.0. The van der Waals surface area contributed by atoms with E-state index in [0.29, 0.717) is 15.8 Å². The summed E-state index contributed by atoms with van der Waals surface area (Å²) in [7, 11) is 0. The van der Waals surface area contributed by atoms with Gasteiger partial charge in [-0.2, -0.15) is 5.26 Å². The Bertz CT molecular complexity index is 800. The molecule has 118 valence electrons. The average molecular weight is 347 g/mol. The van der Waals surface area contributed by atoms with E-state index in [0.717, 1.165) is 16.1 Å². The van der Waals surface area contributed by atoms with Crippen LogP contribution in [0, 0.1) is 32.1 Å². The van der Waals surface area contributed by atoms with Crippen LogP contribution in [-0.4, -0.2) is 10.9 Å². The van der Waals surface area contributed by atoms with Gasteiger partial charge in [0, 0.05) is 21.8 Å². The van der Waals surface area contributed by atoms with E-state index >= 15 is 0 Å². The number of amides is 1. The van der Waals surface area contributed by atoms with Gasteiger partial charge < -0.3 is 10.6 Å². The van der Waals surface area contributed by atoms with Gasteiger partial charge in [-0.25, -0.2) is 4.98 Å². The number of hydrogen-bond acceptors (Lipinski definition) is 5. The number of anilines is 2. The third-order valence-corrected chi connectivity index (χ3v) is 4.66. The van der Waals surface area contributed by atoms with Crippen LogP contribution in [0.2, 0.25) is 5.02 Å². The summed E-state index contributed by atoms with van der Waals surface area (Å²) in [5, 5.41) is 15.9. The lowest BCUT2D eigenvalue weighted by Gasteiger charge is -2.08. The molecule has 1 aromatic carbocycles. The molecule has 5 nitrogen and oxygen atoms in total. The van der Waals surface area contributed by atoms with Gasteiger partial charge in [-0.05, 0) is 38.5 Å². The molecular weight excluding hydrogens is 332 g/mol. The minimum Gasteiger partial charge on any atom is -0.337 e. The van der Waals surface area contributed by atoms with Crippen molar-refractivity contribution < 1.29 is 4.79 Å². The summed E-state index contributed by atoms with van der Waals surface area (Å²) in [6.45, 7) is 5.66. The second-order valence-corrected chi connectivity index (χ2v) is 6.45. The molecule has 0 saturated heterocycles. The summed E-state index contributed by atoms with van der Waals surface area (Å²) in [6.07, 6.45) is 1.35. The van der Waals surface area contributed by atoms with Crippen molar-refractivity contribution in [3.8, 4) is 6.07 Å². The first-order valence-electron chi connectivity index (χ1n) is 6.79. The van der Waals surface area contributed by atoms with Crippen molar-refractivity contribution in [2.24, 2.45) is 0 Å². The van der Waals surface area contributed by atoms with Gasteiger partial charge in [0.15, 0.2) is 5.13 Å². The molecule has 0 fully saturated rings. The number of carbonyl (C=O) groups excluding carboxylic acids is 1. The number of hydrogen-bond donors (Lipinski definition) is 2. The molecule has 2 aromatic rings. The first-order valence-corrected chi connectivity index (χ1v) is 7.99. The van der Waals surface area contributed by atoms with E-state index in [9.17, 15) is 10.1 Å². The maximum atomic E-state index is 12.2. The average Bonchev–Trinajstić information content (AvgIpc) is 2.83. The van der Waals surface area contributed by atoms with Gasteiger partial charge in [-0.15, -0.1) is 11.3 Å². The molecule has 0 unspecified atom stereocenters. The minimum absolute atomic E-state index is 0.0464. The first kappa shape index (κ1) is 17.0. The smallest absolute Gasteiger partial charge is 0.267 e. The standard InChI is InChI=1S/C16H15ClN4OS/c1-9-13(17)5-4-6-14(9)21-15(22)12(7-18)8-19-16-20-10(2)11(3)23-16/h4-6,8H,1-3H3,(H,19,20)(H,21,22)/b12-8-. The molecule has 0 aliphatic rings. The summed E-state index contributed by atoms with van der Waals surface area (Å²) in [6, 6.07) is 7.08. The summed E-state index contributed by atoms with van der Waals surface area (Å²) in [5.74, 6) is -0.504. The van der Waals surface area contributed by atoms with Gasteiger partial charge in [-0.1, -0.05) is 17.7 Å². The largest absolute Gasteiger partial charge is 0.337 e. The zero-order valence-electron chi connectivity index (χ0n) is 12.9. The maximum absolute atomic E-state index is 12.2. The lowest BCUT2D eigenvalue weighted by Crippen LogP contribution is -2.15. The maximum Gasteiger partial charge on any atom is 0.267 e. The van der Waals surface area contributed by atoms with Crippen molar-refractivity contribution in [3.05, 3.63) is 51.1 Å². The second-order valence-electron chi connectivity index (χ2n) is 4.84. The molecule has 0 bridgehead atoms. The SMILES string of the molecule is Cc1nc(N/C=C(/C#N)C(=O)Nc2cccc(Cl)c2C)sc1C. The molecule has 0 radical (unpaired) electrons. The fraction of sp³-hybridized carbons (Fsp3) is 0.188. The quantitative estimate of drug-likeness (QED) is 0.643. The fourth-order valence-electron chi connectivity index (χ4n) is 1.75. The number of aromatic nitrogens is 1. The van der Waals surface area contributed by atoms with Crippen LogP contribution in [0.5, 0.6) is 0 Å². The van der Waals surface area contributed by atoms with Crippen molar-refractivity contribution in [1.29, 1.82) is 5.26 Å². The number of halogens is 1. The molecule has 0 spiro atoms. The molecule has 0 aliphatic carbocycles. The van der Waals surface area contributed by atoms with Gasteiger partial charge in [0.25, 0.3) is 5.91 Å². The number of benzene rings is 1. The number of carbonyl (C=O) groups is 1. The third kappa shape index (κ3) is 4.09. The van der Waals surface area contributed by atoms with E-state index in [1.54, 1.807) is 25.1 Å². The van der Waals surface area contributed by atoms with Crippen LogP contribution < -0.4 is 10.6 Å². The summed E-state index contributed by atoms with van der Waals surface area (Å²) in [5.41, 5.74) is 2.20. The second kappa shape index (κ2) is 7.27. The van der Waals surface area contributed by atoms with Crippen molar-refractivity contribution in [3.63, 3.8) is 0 Å². The Morgan fingerprint density at radius 1 is 1.39 bits per heavy atom. The lowest BCUT2D eigenvalue weighted by molar-refractivity contribution is -0.112. The summed E-state index contributed by atoms with van der Waals surface area (Å²) in [4.78, 5) is 17.6. The minimum atomic E-state index is -0.504. The van der Waals surface area contributed by atoms with Crippen molar-refractivity contribution in [2.75, 3.05) is 10.6 Å². The van der Waals surface area contributed by atoms with E-state index in [4.69, 9.17) is 11.6 Å². The predicted octanol–water partition coefficient (Wildman–Crippen LogP) is 4.18. The highest BCUT2D eigenvalue weighted by atomic mass is 35.5. The molecule has 1 amide bonds. The van der Waals surface area contributed by atoms with Crippen LogP contribution in [0.3, 0.4) is 0 Å². The molecule has 1 aromatic heterocycles. The Morgan fingerprint density at radius 2 is 2.13 bits per heavy atom. The molecule has 7 heteroatoms. The van der Waals surface area contributed by atoms with E-state index < -0.39 is 5.91 Å². The molecule has 0 atom stereocenters. The topological polar surface area (TPSA) is 77.8 Å². The molecule has 2 N–H and O–H groups in total. The normalized spacial score (nSPS) is 11.0. The van der Waals surface area contributed by atoms with Crippen LogP contribution in [0.4, 0.5) is 10.8 Å².